The molecule has 0 aromatic heterocycles. The summed E-state index contributed by atoms with van der Waals surface area (Å²) in [5.74, 6) is 0. The van der Waals surface area contributed by atoms with E-state index in [1.807, 2.05) is 0 Å². The minimum atomic E-state index is -5.06. The maximum Gasteiger partial charge on any atom is 1.00 e. The van der Waals surface area contributed by atoms with Gasteiger partial charge in [-0.2, -0.15) is 0 Å². The van der Waals surface area contributed by atoms with Gasteiger partial charge in [-0.05, 0) is 0 Å². The van der Waals surface area contributed by atoms with E-state index >= 15 is 0 Å². The summed E-state index contributed by atoms with van der Waals surface area (Å²) in [4.78, 5) is 0. The molecule has 1 aliphatic rings. The number of ether oxygens (including phenoxy) is 1. The van der Waals surface area contributed by atoms with Gasteiger partial charge in [0.25, 0.3) is 0 Å². The quantitative estimate of drug-likeness (QED) is 0.267. The first-order valence-electron chi connectivity index (χ1n) is 4.81. The Balaban J connectivity index is 0. The molecule has 0 spiro atoms. The molecule has 0 aromatic rings. The molecule has 4 atom stereocenters. The van der Waals surface area contributed by atoms with E-state index in [1.54, 1.807) is 0 Å². The fourth-order valence-electron chi connectivity index (χ4n) is 1.46. The fraction of sp³-hybridized carbons (Fsp3) is 1.00. The summed E-state index contributed by atoms with van der Waals surface area (Å²) >= 11 is 0. The van der Waals surface area contributed by atoms with E-state index in [0.717, 1.165) is 0 Å². The number of nitrogens with two attached hydrogens (primary N) is 1. The van der Waals surface area contributed by atoms with Crippen LogP contribution in [0.1, 0.15) is 6.42 Å². The van der Waals surface area contributed by atoms with Gasteiger partial charge in [0, 0.05) is 6.42 Å². The number of rotatable bonds is 5. The van der Waals surface area contributed by atoms with Crippen molar-refractivity contribution in [2.24, 2.45) is 5.73 Å². The summed E-state index contributed by atoms with van der Waals surface area (Å²) in [6.45, 7) is -0.769. The molecule has 21 heavy (non-hydrogen) atoms. The third-order valence-electron chi connectivity index (χ3n) is 2.23. The Kier molecular flexibility index (Phi) is 11.6. The predicted molar refractivity (Wildman–Crippen MR) is 53.7 cm³/mol. The monoisotopic (exact) mass is 367 g/mol. The van der Waals surface area contributed by atoms with Crippen molar-refractivity contribution in [3.63, 3.8) is 0 Å². The van der Waals surface area contributed by atoms with Crippen LogP contribution in [0.3, 0.4) is 0 Å². The third-order valence-corrected chi connectivity index (χ3v) is 3.13. The Morgan fingerprint density at radius 3 is 2.14 bits per heavy atom. The van der Waals surface area contributed by atoms with Crippen LogP contribution >= 0.6 is 0 Å². The van der Waals surface area contributed by atoms with Crippen LogP contribution in [0.4, 0.5) is 0 Å². The van der Waals surface area contributed by atoms with E-state index in [4.69, 9.17) is 10.5 Å². The van der Waals surface area contributed by atoms with Crippen molar-refractivity contribution in [3.8, 4) is 0 Å². The first-order valence-corrected chi connectivity index (χ1v) is 7.48. The average Bonchev–Trinajstić information content (AvgIpc) is 2.19. The third kappa shape index (κ3) is 10.2. The molecule has 1 saturated heterocycles. The summed E-state index contributed by atoms with van der Waals surface area (Å²) in [6.07, 6.45) is -4.65. The van der Waals surface area contributed by atoms with Crippen molar-refractivity contribution in [1.29, 1.82) is 0 Å². The molecule has 1 fully saturated rings. The second-order valence-corrected chi connectivity index (χ2v) is 5.76. The van der Waals surface area contributed by atoms with E-state index < -0.39 is 51.9 Å². The van der Waals surface area contributed by atoms with Gasteiger partial charge in [-0.15, -0.1) is 0 Å². The molecule has 114 valence electrons. The summed E-state index contributed by atoms with van der Waals surface area (Å²) < 4.78 is 74.8. The molecular formula is C6H11NNa2O10S2. The van der Waals surface area contributed by atoms with Gasteiger partial charge in [0.1, 0.15) is 0 Å². The fourth-order valence-corrected chi connectivity index (χ4v) is 2.29. The molecule has 11 nitrogen and oxygen atoms in total. The Morgan fingerprint density at radius 2 is 1.71 bits per heavy atom. The van der Waals surface area contributed by atoms with Crippen molar-refractivity contribution >= 4 is 20.8 Å². The molecule has 0 aliphatic carbocycles. The van der Waals surface area contributed by atoms with Gasteiger partial charge >= 0.3 is 59.1 Å². The molecule has 1 heterocycles. The molecule has 0 bridgehead atoms. The van der Waals surface area contributed by atoms with Crippen molar-refractivity contribution in [1.82, 2.24) is 0 Å². The topological polar surface area (TPSA) is 188 Å². The number of aliphatic hydroxyl groups is 1. The van der Waals surface area contributed by atoms with E-state index in [2.05, 4.69) is 8.37 Å². The van der Waals surface area contributed by atoms with Crippen LogP contribution in [0.5, 0.6) is 0 Å². The zero-order chi connectivity index (χ0) is 14.8. The molecule has 2 unspecified atom stereocenters. The smallest absolute Gasteiger partial charge is 0.726 e. The molecule has 3 N–H and O–H groups in total. The van der Waals surface area contributed by atoms with Gasteiger partial charge < -0.3 is 24.7 Å². The van der Waals surface area contributed by atoms with Crippen LogP contribution in [-0.4, -0.2) is 62.2 Å². The van der Waals surface area contributed by atoms with Crippen LogP contribution < -0.4 is 64.8 Å². The van der Waals surface area contributed by atoms with E-state index in [9.17, 15) is 31.0 Å². The number of hydrogen-bond donors (Lipinski definition) is 2. The molecule has 0 amide bonds. The Labute approximate surface area is 166 Å². The summed E-state index contributed by atoms with van der Waals surface area (Å²) in [5.41, 5.74) is 5.35. The van der Waals surface area contributed by atoms with Gasteiger partial charge in [0.15, 0.2) is 6.29 Å². The SMILES string of the molecule is NC1[C@H](O)OC(COS(=O)(=O)[O-])C[C@H]1OS(=O)(=O)[O-].[Na+].[Na+]. The second-order valence-electron chi connectivity index (χ2n) is 3.70. The van der Waals surface area contributed by atoms with Crippen molar-refractivity contribution in [2.45, 2.75) is 31.0 Å². The van der Waals surface area contributed by atoms with Crippen LogP contribution in [0.25, 0.3) is 0 Å². The molecule has 1 aliphatic heterocycles. The zero-order valence-electron chi connectivity index (χ0n) is 11.2. The first-order chi connectivity index (χ1) is 8.48. The minimum absolute atomic E-state index is 0. The maximum atomic E-state index is 10.4. The summed E-state index contributed by atoms with van der Waals surface area (Å²) in [7, 11) is -10.0. The Hall–Kier alpha value is 1.62. The van der Waals surface area contributed by atoms with Crippen LogP contribution in [-0.2, 0) is 33.9 Å². The van der Waals surface area contributed by atoms with E-state index in [0.29, 0.717) is 0 Å². The van der Waals surface area contributed by atoms with Gasteiger partial charge in [-0.3, -0.25) is 8.37 Å². The van der Waals surface area contributed by atoms with E-state index in [-0.39, 0.29) is 65.5 Å². The van der Waals surface area contributed by atoms with Crippen molar-refractivity contribution in [3.05, 3.63) is 0 Å². The van der Waals surface area contributed by atoms with Gasteiger partial charge in [0.2, 0.25) is 20.8 Å². The van der Waals surface area contributed by atoms with Crippen LogP contribution in [0, 0.1) is 0 Å². The molecule has 0 radical (unpaired) electrons. The number of hydrogen-bond acceptors (Lipinski definition) is 11. The first kappa shape index (κ1) is 24.9. The van der Waals surface area contributed by atoms with Crippen molar-refractivity contribution in [2.75, 3.05) is 6.61 Å². The van der Waals surface area contributed by atoms with Gasteiger partial charge in [-0.1, -0.05) is 0 Å². The molecule has 15 heteroatoms. The van der Waals surface area contributed by atoms with Crippen LogP contribution in [0.15, 0.2) is 0 Å². The van der Waals surface area contributed by atoms with Crippen LogP contribution in [0.2, 0.25) is 0 Å². The molecule has 0 aromatic carbocycles. The maximum absolute atomic E-state index is 10.4. The zero-order valence-corrected chi connectivity index (χ0v) is 16.9. The summed E-state index contributed by atoms with van der Waals surface area (Å²) in [6, 6.07) is -1.33. The molecule has 1 rings (SSSR count). The Morgan fingerprint density at radius 1 is 1.19 bits per heavy atom. The Bertz CT molecular complexity index is 510. The summed E-state index contributed by atoms with van der Waals surface area (Å²) in [5, 5.41) is 9.34. The predicted octanol–water partition coefficient (Wildman–Crippen LogP) is -9.25. The molecular weight excluding hydrogens is 356 g/mol. The van der Waals surface area contributed by atoms with Gasteiger partial charge in [-0.25, -0.2) is 16.8 Å². The largest absolute Gasteiger partial charge is 1.00 e. The van der Waals surface area contributed by atoms with Gasteiger partial charge in [0.05, 0.1) is 24.9 Å². The minimum Gasteiger partial charge on any atom is -0.726 e. The normalized spacial score (nSPS) is 30.1. The number of aliphatic hydroxyl groups excluding tert-OH is 1. The standard InChI is InChI=1S/C6H13NO10S2.2Na/c7-5-4(17-19(12,13)14)1-3(16-6(5)8)2-15-18(9,10)11;;/h3-6,8H,1-2,7H2,(H,9,10,11)(H,12,13,14);;/q;2*+1/p-2/t3?,4-,5?,6-;;/m1../s1. The van der Waals surface area contributed by atoms with Crippen molar-refractivity contribution < 1.29 is 103 Å². The molecule has 0 saturated carbocycles. The van der Waals surface area contributed by atoms with E-state index in [1.165, 1.54) is 0 Å². The second kappa shape index (κ2) is 9.80. The average molecular weight is 367 g/mol.